The molecule has 0 amide bonds. The van der Waals surface area contributed by atoms with Crippen LogP contribution in [0.1, 0.15) is 39.2 Å². The Labute approximate surface area is 154 Å². The van der Waals surface area contributed by atoms with Crippen LogP contribution in [-0.4, -0.2) is 21.5 Å². The van der Waals surface area contributed by atoms with Crippen molar-refractivity contribution >= 4 is 12.1 Å². The van der Waals surface area contributed by atoms with Gasteiger partial charge in [-0.1, -0.05) is 30.3 Å². The van der Waals surface area contributed by atoms with Crippen molar-refractivity contribution in [2.45, 2.75) is 19.6 Å². The largest absolute Gasteiger partial charge is 0.502 e. The summed E-state index contributed by atoms with van der Waals surface area (Å²) in [6.07, 6.45) is 0.721. The van der Waals surface area contributed by atoms with Gasteiger partial charge in [0.05, 0.1) is 0 Å². The molecular weight excluding hydrogens is 348 g/mol. The average Bonchev–Trinajstić information content (AvgIpc) is 2.68. The van der Waals surface area contributed by atoms with Crippen molar-refractivity contribution < 1.29 is 19.4 Å². The van der Waals surface area contributed by atoms with Gasteiger partial charge in [0.25, 0.3) is 0 Å². The lowest BCUT2D eigenvalue weighted by molar-refractivity contribution is 0.112. The molecule has 0 fully saturated rings. The zero-order valence-electron chi connectivity index (χ0n) is 14.5. The Hall–Kier alpha value is -3.45. The minimum absolute atomic E-state index is 0.0290. The molecule has 7 heteroatoms. The van der Waals surface area contributed by atoms with Crippen molar-refractivity contribution in [3.05, 3.63) is 87.1 Å². The first-order chi connectivity index (χ1) is 13.0. The monoisotopic (exact) mass is 366 g/mol. The van der Waals surface area contributed by atoms with Crippen LogP contribution in [0.15, 0.2) is 57.7 Å². The highest BCUT2D eigenvalue weighted by Crippen LogP contribution is 2.31. The van der Waals surface area contributed by atoms with Crippen molar-refractivity contribution in [3.8, 4) is 5.75 Å². The summed E-state index contributed by atoms with van der Waals surface area (Å²) in [6, 6.07) is 12.3. The highest BCUT2D eigenvalue weighted by Gasteiger charge is 2.24. The van der Waals surface area contributed by atoms with Crippen LogP contribution in [0.4, 0.5) is 5.82 Å². The molecule has 1 atom stereocenters. The molecule has 2 aromatic heterocycles. The molecule has 3 rings (SSSR count). The number of nitrogens with one attached hydrogen (secondary N) is 1. The maximum atomic E-state index is 12.1. The Balaban J connectivity index is 2.13. The van der Waals surface area contributed by atoms with E-state index in [2.05, 4.69) is 10.3 Å². The van der Waals surface area contributed by atoms with Gasteiger partial charge in [-0.15, -0.1) is 0 Å². The molecule has 0 bridgehead atoms. The number of aryl methyl sites for hydroxylation is 1. The first kappa shape index (κ1) is 18.3. The summed E-state index contributed by atoms with van der Waals surface area (Å²) in [5.41, 5.74) is 1.25. The molecule has 0 saturated heterocycles. The van der Waals surface area contributed by atoms with E-state index < -0.39 is 23.8 Å². The maximum Gasteiger partial charge on any atom is 0.227 e. The molecule has 3 aromatic rings. The van der Waals surface area contributed by atoms with E-state index >= 15 is 0 Å². The third-order valence-corrected chi connectivity index (χ3v) is 4.00. The molecule has 0 saturated carbocycles. The Morgan fingerprint density at radius 1 is 1.22 bits per heavy atom. The normalized spacial score (nSPS) is 11.8. The first-order valence-corrected chi connectivity index (χ1v) is 8.24. The molecule has 1 unspecified atom stereocenters. The number of aliphatic hydroxyl groups excluding tert-OH is 1. The van der Waals surface area contributed by atoms with Crippen LogP contribution in [0.5, 0.6) is 5.75 Å². The molecule has 3 N–H and O–H groups in total. The molecule has 0 aliphatic heterocycles. The minimum Gasteiger partial charge on any atom is -0.502 e. The second-order valence-electron chi connectivity index (χ2n) is 5.97. The molecule has 7 nitrogen and oxygen atoms in total. The number of hydrogen-bond acceptors (Lipinski definition) is 7. The van der Waals surface area contributed by atoms with Crippen LogP contribution in [0.2, 0.25) is 0 Å². The van der Waals surface area contributed by atoms with E-state index in [9.17, 15) is 19.8 Å². The standard InChI is InChI=1S/C20H18N2O5/c1-12-3-2-4-17(21-12)22-18(14-7-5-13(10-23)6-8-14)20-19(26)16(25)9-15(11-24)27-20/h2-10,18,24,26H,11H2,1H3,(H,21,22). The summed E-state index contributed by atoms with van der Waals surface area (Å²) in [5.74, 6) is -0.0669. The molecule has 0 spiro atoms. The number of anilines is 1. The molecule has 27 heavy (non-hydrogen) atoms. The molecule has 2 heterocycles. The van der Waals surface area contributed by atoms with E-state index in [0.29, 0.717) is 16.9 Å². The maximum absolute atomic E-state index is 12.1. The average molecular weight is 366 g/mol. The predicted octanol–water partition coefficient (Wildman–Crippen LogP) is 2.56. The third kappa shape index (κ3) is 4.04. The smallest absolute Gasteiger partial charge is 0.227 e. The number of carbonyl (C=O) groups is 1. The number of pyridine rings is 1. The fraction of sp³-hybridized carbons (Fsp3) is 0.150. The van der Waals surface area contributed by atoms with E-state index in [-0.39, 0.29) is 11.5 Å². The number of aromatic hydroxyl groups is 1. The van der Waals surface area contributed by atoms with Crippen molar-refractivity contribution in [3.63, 3.8) is 0 Å². The predicted molar refractivity (Wildman–Crippen MR) is 98.8 cm³/mol. The molecule has 0 aliphatic rings. The van der Waals surface area contributed by atoms with Gasteiger partial charge < -0.3 is 19.9 Å². The zero-order valence-corrected chi connectivity index (χ0v) is 14.5. The van der Waals surface area contributed by atoms with Gasteiger partial charge in [-0.05, 0) is 24.6 Å². The fourth-order valence-corrected chi connectivity index (χ4v) is 2.67. The number of hydrogen-bond donors (Lipinski definition) is 3. The number of aliphatic hydroxyl groups is 1. The van der Waals surface area contributed by atoms with Crippen LogP contribution < -0.4 is 10.7 Å². The Kier molecular flexibility index (Phi) is 5.33. The Bertz CT molecular complexity index is 1010. The summed E-state index contributed by atoms with van der Waals surface area (Å²) in [5, 5.41) is 22.8. The number of rotatable bonds is 6. The van der Waals surface area contributed by atoms with Crippen molar-refractivity contribution in [1.82, 2.24) is 4.98 Å². The quantitative estimate of drug-likeness (QED) is 0.575. The Morgan fingerprint density at radius 2 is 1.96 bits per heavy atom. The van der Waals surface area contributed by atoms with Crippen LogP contribution in [0.25, 0.3) is 0 Å². The lowest BCUT2D eigenvalue weighted by Gasteiger charge is -2.20. The minimum atomic E-state index is -0.765. The van der Waals surface area contributed by atoms with E-state index in [1.54, 1.807) is 30.3 Å². The van der Waals surface area contributed by atoms with E-state index in [0.717, 1.165) is 18.0 Å². The first-order valence-electron chi connectivity index (χ1n) is 8.24. The SMILES string of the molecule is Cc1cccc(NC(c2ccc(C=O)cc2)c2oc(CO)cc(=O)c2O)n1. The number of aromatic nitrogens is 1. The van der Waals surface area contributed by atoms with Gasteiger partial charge in [-0.2, -0.15) is 0 Å². The number of nitrogens with zero attached hydrogens (tertiary/aromatic N) is 1. The van der Waals surface area contributed by atoms with Gasteiger partial charge in [0.15, 0.2) is 5.76 Å². The molecule has 138 valence electrons. The van der Waals surface area contributed by atoms with Gasteiger partial charge >= 0.3 is 0 Å². The topological polar surface area (TPSA) is 113 Å². The van der Waals surface area contributed by atoms with Crippen molar-refractivity contribution in [2.75, 3.05) is 5.32 Å². The van der Waals surface area contributed by atoms with Crippen LogP contribution in [-0.2, 0) is 6.61 Å². The number of benzene rings is 1. The molecule has 0 aliphatic carbocycles. The van der Waals surface area contributed by atoms with Gasteiger partial charge in [0, 0.05) is 17.3 Å². The van der Waals surface area contributed by atoms with E-state index in [4.69, 9.17) is 4.42 Å². The lowest BCUT2D eigenvalue weighted by Crippen LogP contribution is -2.17. The summed E-state index contributed by atoms with van der Waals surface area (Å²) < 4.78 is 5.55. The van der Waals surface area contributed by atoms with Gasteiger partial charge in [-0.3, -0.25) is 9.59 Å². The summed E-state index contributed by atoms with van der Waals surface area (Å²) in [7, 11) is 0. The van der Waals surface area contributed by atoms with Gasteiger partial charge in [0.1, 0.15) is 30.5 Å². The summed E-state index contributed by atoms with van der Waals surface area (Å²) in [6.45, 7) is 1.35. The summed E-state index contributed by atoms with van der Waals surface area (Å²) in [4.78, 5) is 27.3. The third-order valence-electron chi connectivity index (χ3n) is 4.00. The van der Waals surface area contributed by atoms with Crippen LogP contribution in [0, 0.1) is 6.92 Å². The highest BCUT2D eigenvalue weighted by atomic mass is 16.4. The summed E-state index contributed by atoms with van der Waals surface area (Å²) >= 11 is 0. The second-order valence-corrected chi connectivity index (χ2v) is 5.97. The highest BCUT2D eigenvalue weighted by molar-refractivity contribution is 5.74. The van der Waals surface area contributed by atoms with Gasteiger partial charge in [-0.25, -0.2) is 4.98 Å². The van der Waals surface area contributed by atoms with E-state index in [1.165, 1.54) is 0 Å². The van der Waals surface area contributed by atoms with Crippen LogP contribution >= 0.6 is 0 Å². The Morgan fingerprint density at radius 3 is 2.59 bits per heavy atom. The van der Waals surface area contributed by atoms with E-state index in [1.807, 2.05) is 19.1 Å². The lowest BCUT2D eigenvalue weighted by atomic mass is 10.0. The number of carbonyl (C=O) groups excluding carboxylic acids is 1. The van der Waals surface area contributed by atoms with Crippen LogP contribution in [0.3, 0.4) is 0 Å². The fourth-order valence-electron chi connectivity index (χ4n) is 2.67. The molecular formula is C20H18N2O5. The zero-order chi connectivity index (χ0) is 19.4. The molecule has 1 aromatic carbocycles. The molecule has 0 radical (unpaired) electrons. The number of aldehydes is 1. The van der Waals surface area contributed by atoms with Gasteiger partial charge in [0.2, 0.25) is 11.2 Å². The van der Waals surface area contributed by atoms with Crippen molar-refractivity contribution in [1.29, 1.82) is 0 Å². The second kappa shape index (κ2) is 7.84. The van der Waals surface area contributed by atoms with Crippen molar-refractivity contribution in [2.24, 2.45) is 0 Å².